The Kier molecular flexibility index (Phi) is 12.9. The van der Waals surface area contributed by atoms with Crippen LogP contribution in [0.25, 0.3) is 22.3 Å². The third kappa shape index (κ3) is 7.26. The van der Waals surface area contributed by atoms with Gasteiger partial charge in [0.05, 0.1) is 0 Å². The summed E-state index contributed by atoms with van der Waals surface area (Å²) in [6.07, 6.45) is 9.54. The largest absolute Gasteiger partial charge is 4.00 e. The van der Waals surface area contributed by atoms with E-state index in [2.05, 4.69) is 98.8 Å². The molecule has 6 rings (SSSR count). The fourth-order valence-corrected chi connectivity index (χ4v) is 5.22. The van der Waals surface area contributed by atoms with Crippen LogP contribution in [0.3, 0.4) is 0 Å². The molecule has 0 aliphatic heterocycles. The van der Waals surface area contributed by atoms with Crippen LogP contribution < -0.4 is 24.8 Å². The van der Waals surface area contributed by atoms with Crippen molar-refractivity contribution in [2.24, 2.45) is 0 Å². The summed E-state index contributed by atoms with van der Waals surface area (Å²) in [5.41, 5.74) is 14.2. The summed E-state index contributed by atoms with van der Waals surface area (Å²) in [6, 6.07) is 33.5. The summed E-state index contributed by atoms with van der Waals surface area (Å²) >= 11 is 0. The van der Waals surface area contributed by atoms with Crippen molar-refractivity contribution in [1.82, 2.24) is 0 Å². The van der Waals surface area contributed by atoms with Crippen LogP contribution in [0, 0.1) is 12.1 Å². The first-order valence-electron chi connectivity index (χ1n) is 13.0. The molecule has 0 radical (unpaired) electrons. The standard InChI is InChI=1S/2C17H17.2ClH.Zr/c2*1-2-3-6-13-9-10-15-12-14-7-4-5-8-16(14)17(15)11-13;;;/h2*4-5,7-9,11H,2-3,6,12H2,1H3;2*1H;/q2*-1;;;+4/p-2. The quantitative estimate of drug-likeness (QED) is 0.257. The van der Waals surface area contributed by atoms with Crippen LogP contribution >= 0.6 is 0 Å². The first kappa shape index (κ1) is 31.6. The van der Waals surface area contributed by atoms with Gasteiger partial charge in [0.15, 0.2) is 0 Å². The van der Waals surface area contributed by atoms with Crippen LogP contribution in [0.4, 0.5) is 0 Å². The number of rotatable bonds is 6. The third-order valence-electron chi connectivity index (χ3n) is 7.16. The molecule has 188 valence electrons. The SMILES string of the molecule is CCCCc1c[c-]c2c(c1)-c1ccccc1C2.CCCCc1c[c-]c2c(c1)-c1ccccc1C2.[Cl-].[Cl-].[Zr+4]. The van der Waals surface area contributed by atoms with E-state index in [-0.39, 0.29) is 51.0 Å². The Hall–Kier alpha value is -1.66. The fraction of sp³-hybridized carbons (Fsp3) is 0.294. The Labute approximate surface area is 255 Å². The Balaban J connectivity index is 0.000000241. The second-order valence-electron chi connectivity index (χ2n) is 9.68. The maximum absolute atomic E-state index is 3.47. The molecule has 0 atom stereocenters. The van der Waals surface area contributed by atoms with Crippen LogP contribution in [0.1, 0.15) is 72.9 Å². The van der Waals surface area contributed by atoms with Crippen molar-refractivity contribution < 1.29 is 51.0 Å². The number of fused-ring (bicyclic) bond motifs is 6. The van der Waals surface area contributed by atoms with Crippen molar-refractivity contribution in [1.29, 1.82) is 0 Å². The number of aryl methyl sites for hydroxylation is 2. The molecular formula is C34H34Cl2Zr. The first-order valence-corrected chi connectivity index (χ1v) is 13.0. The normalized spacial score (nSPS) is 11.3. The van der Waals surface area contributed by atoms with Gasteiger partial charge in [0, 0.05) is 0 Å². The molecule has 2 aliphatic rings. The molecule has 0 fully saturated rings. The van der Waals surface area contributed by atoms with Crippen LogP contribution in [-0.4, -0.2) is 0 Å². The summed E-state index contributed by atoms with van der Waals surface area (Å²) < 4.78 is 0. The van der Waals surface area contributed by atoms with Crippen molar-refractivity contribution in [3.05, 3.63) is 118 Å². The molecule has 0 nitrogen and oxygen atoms in total. The topological polar surface area (TPSA) is 0 Å². The van der Waals surface area contributed by atoms with Crippen molar-refractivity contribution in [2.45, 2.75) is 65.2 Å². The van der Waals surface area contributed by atoms with E-state index < -0.39 is 0 Å². The van der Waals surface area contributed by atoms with Gasteiger partial charge in [-0.3, -0.25) is 0 Å². The summed E-state index contributed by atoms with van der Waals surface area (Å²) in [6.45, 7) is 4.48. The molecule has 4 aromatic rings. The minimum atomic E-state index is 0. The molecule has 0 N–H and O–H groups in total. The minimum Gasteiger partial charge on any atom is -1.00 e. The molecule has 0 unspecified atom stereocenters. The van der Waals surface area contributed by atoms with E-state index in [9.17, 15) is 0 Å². The summed E-state index contributed by atoms with van der Waals surface area (Å²) in [5, 5.41) is 0. The van der Waals surface area contributed by atoms with E-state index in [0.717, 1.165) is 12.8 Å². The Morgan fingerprint density at radius 2 is 1.00 bits per heavy atom. The van der Waals surface area contributed by atoms with E-state index in [0.29, 0.717) is 0 Å². The van der Waals surface area contributed by atoms with Gasteiger partial charge in [-0.25, -0.2) is 0 Å². The van der Waals surface area contributed by atoms with Crippen molar-refractivity contribution in [2.75, 3.05) is 0 Å². The zero-order valence-electron chi connectivity index (χ0n) is 21.8. The van der Waals surface area contributed by atoms with E-state index >= 15 is 0 Å². The zero-order chi connectivity index (χ0) is 23.3. The number of unbranched alkanes of at least 4 members (excludes halogenated alkanes) is 2. The Morgan fingerprint density at radius 1 is 0.595 bits per heavy atom. The second-order valence-corrected chi connectivity index (χ2v) is 9.68. The molecule has 0 heterocycles. The molecule has 2 aliphatic carbocycles. The number of hydrogen-bond donors (Lipinski definition) is 0. The minimum absolute atomic E-state index is 0. The Morgan fingerprint density at radius 3 is 1.41 bits per heavy atom. The third-order valence-corrected chi connectivity index (χ3v) is 7.16. The van der Waals surface area contributed by atoms with Gasteiger partial charge in [-0.1, -0.05) is 123 Å². The Bertz CT molecular complexity index is 1190. The van der Waals surface area contributed by atoms with Crippen molar-refractivity contribution >= 4 is 0 Å². The summed E-state index contributed by atoms with van der Waals surface area (Å²) in [7, 11) is 0. The van der Waals surface area contributed by atoms with Gasteiger partial charge in [0.1, 0.15) is 0 Å². The predicted molar refractivity (Wildman–Crippen MR) is 144 cm³/mol. The number of benzene rings is 4. The molecule has 37 heavy (non-hydrogen) atoms. The fourth-order valence-electron chi connectivity index (χ4n) is 5.22. The molecule has 0 saturated heterocycles. The number of hydrogen-bond acceptors (Lipinski definition) is 0. The summed E-state index contributed by atoms with van der Waals surface area (Å²) in [4.78, 5) is 0. The van der Waals surface area contributed by atoms with Gasteiger partial charge >= 0.3 is 26.2 Å². The average Bonchev–Trinajstić information content (AvgIpc) is 3.44. The van der Waals surface area contributed by atoms with Crippen molar-refractivity contribution in [3.8, 4) is 22.3 Å². The number of halogens is 2. The van der Waals surface area contributed by atoms with E-state index in [1.54, 1.807) is 0 Å². The smallest absolute Gasteiger partial charge is 1.00 e. The monoisotopic (exact) mass is 602 g/mol. The molecule has 0 spiro atoms. The molecule has 0 aromatic heterocycles. The van der Waals surface area contributed by atoms with Gasteiger partial charge in [-0.05, 0) is 12.8 Å². The predicted octanol–water partition coefficient (Wildman–Crippen LogP) is 2.81. The van der Waals surface area contributed by atoms with Crippen LogP contribution in [0.15, 0.2) is 72.8 Å². The van der Waals surface area contributed by atoms with Crippen LogP contribution in [0.2, 0.25) is 0 Å². The van der Waals surface area contributed by atoms with Gasteiger partial charge in [-0.2, -0.15) is 58.7 Å². The van der Waals surface area contributed by atoms with Crippen molar-refractivity contribution in [3.63, 3.8) is 0 Å². The summed E-state index contributed by atoms with van der Waals surface area (Å²) in [5.74, 6) is 0. The van der Waals surface area contributed by atoms with Crippen LogP contribution in [0.5, 0.6) is 0 Å². The van der Waals surface area contributed by atoms with Gasteiger partial charge in [0.2, 0.25) is 0 Å². The molecule has 0 bridgehead atoms. The van der Waals surface area contributed by atoms with E-state index in [1.165, 1.54) is 94.2 Å². The molecule has 3 heteroatoms. The second kappa shape index (κ2) is 15.1. The molecule has 4 aromatic carbocycles. The van der Waals surface area contributed by atoms with Gasteiger partial charge < -0.3 is 24.8 Å². The first-order chi connectivity index (χ1) is 16.8. The van der Waals surface area contributed by atoms with Gasteiger partial charge in [-0.15, -0.1) is 11.1 Å². The molecule has 0 amide bonds. The zero-order valence-corrected chi connectivity index (χ0v) is 25.8. The van der Waals surface area contributed by atoms with E-state index in [4.69, 9.17) is 0 Å². The average molecular weight is 605 g/mol. The molecule has 0 saturated carbocycles. The van der Waals surface area contributed by atoms with E-state index in [1.807, 2.05) is 0 Å². The maximum atomic E-state index is 3.47. The van der Waals surface area contributed by atoms with Crippen LogP contribution in [-0.2, 0) is 51.9 Å². The maximum Gasteiger partial charge on any atom is 4.00 e. The molecular weight excluding hydrogens is 571 g/mol. The van der Waals surface area contributed by atoms with Gasteiger partial charge in [0.25, 0.3) is 0 Å².